The highest BCUT2D eigenvalue weighted by atomic mass is 31.2. The molecular weight excluding hydrogens is 299 g/mol. The van der Waals surface area contributed by atoms with E-state index >= 15 is 0 Å². The number of benzene rings is 1. The Morgan fingerprint density at radius 1 is 1.29 bits per heavy atom. The molecule has 21 heavy (non-hydrogen) atoms. The first-order valence-electron chi connectivity index (χ1n) is 6.36. The quantitative estimate of drug-likeness (QED) is 0.450. The minimum Gasteiger partial charge on any atom is -0.481 e. The van der Waals surface area contributed by atoms with E-state index in [1.807, 2.05) is 6.92 Å². The molecular formula is C13H17O7P. The van der Waals surface area contributed by atoms with Crippen molar-refractivity contribution in [3.63, 3.8) is 0 Å². The van der Waals surface area contributed by atoms with Crippen molar-refractivity contribution in [3.05, 3.63) is 29.8 Å². The van der Waals surface area contributed by atoms with Crippen molar-refractivity contribution in [2.45, 2.75) is 26.2 Å². The molecule has 2 N–H and O–H groups in total. The summed E-state index contributed by atoms with van der Waals surface area (Å²) in [5, 5.41) is 8.56. The molecule has 0 saturated heterocycles. The van der Waals surface area contributed by atoms with Gasteiger partial charge in [0.1, 0.15) is 0 Å². The van der Waals surface area contributed by atoms with E-state index in [4.69, 9.17) is 5.11 Å². The summed E-state index contributed by atoms with van der Waals surface area (Å²) in [5.41, 5.74) is 0.109. The Kier molecular flexibility index (Phi) is 6.39. The van der Waals surface area contributed by atoms with Gasteiger partial charge in [0.05, 0.1) is 18.3 Å². The number of aliphatic carboxylic acids is 1. The lowest BCUT2D eigenvalue weighted by molar-refractivity contribution is -0.136. The van der Waals surface area contributed by atoms with Gasteiger partial charge in [0, 0.05) is 0 Å². The van der Waals surface area contributed by atoms with Crippen molar-refractivity contribution >= 4 is 25.0 Å². The highest BCUT2D eigenvalue weighted by Gasteiger charge is 2.31. The zero-order valence-corrected chi connectivity index (χ0v) is 12.4. The Hall–Kier alpha value is -1.85. The first-order valence-corrected chi connectivity index (χ1v) is 7.94. The zero-order valence-electron chi connectivity index (χ0n) is 11.5. The number of hydrogen-bond acceptors (Lipinski definition) is 5. The van der Waals surface area contributed by atoms with Crippen LogP contribution in [0.3, 0.4) is 0 Å². The van der Waals surface area contributed by atoms with Crippen molar-refractivity contribution in [2.24, 2.45) is 0 Å². The van der Waals surface area contributed by atoms with E-state index < -0.39 is 26.1 Å². The van der Waals surface area contributed by atoms with E-state index in [-0.39, 0.29) is 17.5 Å². The number of carboxylic acids is 1. The van der Waals surface area contributed by atoms with Crippen LogP contribution in [0, 0.1) is 0 Å². The third-order valence-electron chi connectivity index (χ3n) is 2.55. The average Bonchev–Trinajstić information content (AvgIpc) is 2.38. The molecule has 0 aliphatic carbocycles. The lowest BCUT2D eigenvalue weighted by Crippen LogP contribution is -2.18. The SMILES string of the molecule is CCCCOC(=O)OP(=O)(O)c1ccccc1CC(=O)O. The van der Waals surface area contributed by atoms with Gasteiger partial charge in [-0.25, -0.2) is 9.36 Å². The summed E-state index contributed by atoms with van der Waals surface area (Å²) < 4.78 is 21.2. The molecule has 7 nitrogen and oxygen atoms in total. The Morgan fingerprint density at radius 2 is 1.95 bits per heavy atom. The molecule has 8 heteroatoms. The normalized spacial score (nSPS) is 13.2. The summed E-state index contributed by atoms with van der Waals surface area (Å²) in [6.45, 7) is 1.99. The minimum atomic E-state index is -4.48. The summed E-state index contributed by atoms with van der Waals surface area (Å²) in [7, 11) is -4.48. The van der Waals surface area contributed by atoms with E-state index in [0.717, 1.165) is 6.42 Å². The standard InChI is InChI=1S/C13H17O7P/c1-2-3-8-19-13(16)20-21(17,18)11-7-5-4-6-10(11)9-12(14)15/h4-7H,2-3,8-9H2,1H3,(H,14,15)(H,17,18). The Balaban J connectivity index is 2.85. The second-order valence-corrected chi connectivity index (χ2v) is 5.97. The van der Waals surface area contributed by atoms with Gasteiger partial charge in [0.2, 0.25) is 0 Å². The number of unbranched alkanes of at least 4 members (excludes halogenated alkanes) is 1. The maximum absolute atomic E-state index is 12.1. The monoisotopic (exact) mass is 316 g/mol. The van der Waals surface area contributed by atoms with E-state index in [9.17, 15) is 19.0 Å². The zero-order chi connectivity index (χ0) is 15.9. The van der Waals surface area contributed by atoms with Gasteiger partial charge in [0.25, 0.3) is 0 Å². The summed E-state index contributed by atoms with van der Waals surface area (Å²) in [5.74, 6) is -1.16. The Morgan fingerprint density at radius 3 is 2.57 bits per heavy atom. The minimum absolute atomic E-state index is 0.0894. The predicted octanol–water partition coefficient (Wildman–Crippen LogP) is 2.08. The van der Waals surface area contributed by atoms with Crippen molar-refractivity contribution in [3.8, 4) is 0 Å². The van der Waals surface area contributed by atoms with Crippen LogP contribution in [0.25, 0.3) is 0 Å². The fraction of sp³-hybridized carbons (Fsp3) is 0.385. The molecule has 0 radical (unpaired) electrons. The Bertz CT molecular complexity index is 555. The maximum Gasteiger partial charge on any atom is 0.515 e. The van der Waals surface area contributed by atoms with Crippen molar-refractivity contribution in [1.29, 1.82) is 0 Å². The molecule has 0 aromatic heterocycles. The molecule has 0 spiro atoms. The number of carboxylic acid groups (broad SMARTS) is 1. The highest BCUT2D eigenvalue weighted by molar-refractivity contribution is 7.61. The van der Waals surface area contributed by atoms with Crippen LogP contribution in [-0.2, 0) is 25.0 Å². The van der Waals surface area contributed by atoms with Gasteiger partial charge >= 0.3 is 19.7 Å². The second kappa shape index (κ2) is 7.81. The first-order chi connectivity index (χ1) is 9.86. The molecule has 0 heterocycles. The van der Waals surface area contributed by atoms with Gasteiger partial charge in [0.15, 0.2) is 0 Å². The molecule has 1 unspecified atom stereocenters. The van der Waals surface area contributed by atoms with Crippen LogP contribution < -0.4 is 5.30 Å². The van der Waals surface area contributed by atoms with Crippen LogP contribution >= 0.6 is 7.60 Å². The smallest absolute Gasteiger partial charge is 0.481 e. The van der Waals surface area contributed by atoms with Gasteiger partial charge in [-0.2, -0.15) is 0 Å². The summed E-state index contributed by atoms with van der Waals surface area (Å²) >= 11 is 0. The first kappa shape index (κ1) is 17.2. The lowest BCUT2D eigenvalue weighted by atomic mass is 10.1. The number of carbonyl (C=O) groups excluding carboxylic acids is 1. The number of carbonyl (C=O) groups is 2. The van der Waals surface area contributed by atoms with Crippen LogP contribution in [0.1, 0.15) is 25.3 Å². The predicted molar refractivity (Wildman–Crippen MR) is 74.6 cm³/mol. The van der Waals surface area contributed by atoms with Crippen molar-refractivity contribution in [2.75, 3.05) is 6.61 Å². The third-order valence-corrected chi connectivity index (χ3v) is 4.00. The van der Waals surface area contributed by atoms with Crippen molar-refractivity contribution in [1.82, 2.24) is 0 Å². The van der Waals surface area contributed by atoms with Gasteiger partial charge in [-0.1, -0.05) is 31.5 Å². The molecule has 1 rings (SSSR count). The second-order valence-electron chi connectivity index (χ2n) is 4.26. The van der Waals surface area contributed by atoms with Gasteiger partial charge in [-0.05, 0) is 18.1 Å². The van der Waals surface area contributed by atoms with Crippen LogP contribution in [-0.4, -0.2) is 28.7 Å². The third kappa shape index (κ3) is 5.57. The average molecular weight is 316 g/mol. The van der Waals surface area contributed by atoms with E-state index in [1.54, 1.807) is 0 Å². The van der Waals surface area contributed by atoms with Crippen LogP contribution in [0.2, 0.25) is 0 Å². The van der Waals surface area contributed by atoms with Gasteiger partial charge < -0.3 is 19.3 Å². The molecule has 0 aliphatic rings. The van der Waals surface area contributed by atoms with E-state index in [0.29, 0.717) is 6.42 Å². The molecule has 1 aromatic carbocycles. The molecule has 116 valence electrons. The molecule has 0 fully saturated rings. The molecule has 0 amide bonds. The molecule has 0 bridgehead atoms. The summed E-state index contributed by atoms with van der Waals surface area (Å²) in [6, 6.07) is 5.62. The van der Waals surface area contributed by atoms with Crippen molar-refractivity contribution < 1.29 is 33.4 Å². The number of rotatable bonds is 7. The molecule has 0 aliphatic heterocycles. The van der Waals surface area contributed by atoms with Crippen LogP contribution in [0.15, 0.2) is 24.3 Å². The molecule has 1 atom stereocenters. The fourth-order valence-electron chi connectivity index (χ4n) is 1.58. The molecule has 0 saturated carbocycles. The van der Waals surface area contributed by atoms with Crippen LogP contribution in [0.4, 0.5) is 4.79 Å². The van der Waals surface area contributed by atoms with Gasteiger partial charge in [-0.15, -0.1) is 0 Å². The summed E-state index contributed by atoms with van der Waals surface area (Å²) in [4.78, 5) is 31.9. The van der Waals surface area contributed by atoms with E-state index in [2.05, 4.69) is 9.26 Å². The lowest BCUT2D eigenvalue weighted by Gasteiger charge is -2.14. The van der Waals surface area contributed by atoms with Gasteiger partial charge in [-0.3, -0.25) is 4.79 Å². The van der Waals surface area contributed by atoms with Crippen LogP contribution in [0.5, 0.6) is 0 Å². The topological polar surface area (TPSA) is 110 Å². The van der Waals surface area contributed by atoms with E-state index in [1.165, 1.54) is 24.3 Å². The maximum atomic E-state index is 12.1. The number of hydrogen-bond donors (Lipinski definition) is 2. The number of ether oxygens (including phenoxy) is 1. The highest BCUT2D eigenvalue weighted by Crippen LogP contribution is 2.42. The molecule has 1 aromatic rings. The largest absolute Gasteiger partial charge is 0.515 e. The summed E-state index contributed by atoms with van der Waals surface area (Å²) in [6.07, 6.45) is -0.291. The Labute approximate surface area is 122 Å². The fourth-order valence-corrected chi connectivity index (χ4v) is 2.72.